The summed E-state index contributed by atoms with van der Waals surface area (Å²) in [5, 5.41) is 11.8. The molecule has 0 saturated carbocycles. The Morgan fingerprint density at radius 1 is 0.903 bits per heavy atom. The van der Waals surface area contributed by atoms with E-state index in [4.69, 9.17) is 22.1 Å². The van der Waals surface area contributed by atoms with Crippen molar-refractivity contribution in [2.45, 2.75) is 0 Å². The molecule has 152 valence electrons. The normalized spacial score (nSPS) is 10.9. The number of nitrogen functional groups attached to an aromatic ring is 1. The number of nitrogens with zero attached hydrogens (tertiary/aromatic N) is 4. The molecule has 0 saturated heterocycles. The van der Waals surface area contributed by atoms with Crippen LogP contribution >= 0.6 is 22.9 Å². The molecule has 0 unspecified atom stereocenters. The number of nitrogens with two attached hydrogens (primary N) is 1. The minimum Gasteiger partial charge on any atom is -0.457 e. The third-order valence-corrected chi connectivity index (χ3v) is 5.68. The van der Waals surface area contributed by atoms with Crippen molar-refractivity contribution in [3.05, 3.63) is 89.3 Å². The highest BCUT2D eigenvalue weighted by Gasteiger charge is 2.17. The molecular formula is C23H16ClN5OS. The lowest BCUT2D eigenvalue weighted by atomic mass is 10.2. The molecule has 0 aliphatic carbocycles. The molecule has 2 aromatic heterocycles. The Bertz CT molecular complexity index is 1330. The summed E-state index contributed by atoms with van der Waals surface area (Å²) < 4.78 is 7.42. The van der Waals surface area contributed by atoms with Crippen molar-refractivity contribution < 1.29 is 4.74 Å². The summed E-state index contributed by atoms with van der Waals surface area (Å²) in [6.45, 7) is 0. The molecule has 0 bridgehead atoms. The third-order valence-electron chi connectivity index (χ3n) is 4.59. The van der Waals surface area contributed by atoms with Gasteiger partial charge in [-0.25, -0.2) is 4.98 Å². The molecule has 31 heavy (non-hydrogen) atoms. The summed E-state index contributed by atoms with van der Waals surface area (Å²) in [5.41, 5.74) is 9.44. The van der Waals surface area contributed by atoms with E-state index in [1.54, 1.807) is 4.68 Å². The minimum atomic E-state index is 0.420. The van der Waals surface area contributed by atoms with E-state index in [-0.39, 0.29) is 0 Å². The number of benzene rings is 3. The molecule has 0 aliphatic heterocycles. The maximum Gasteiger partial charge on any atom is 0.165 e. The summed E-state index contributed by atoms with van der Waals surface area (Å²) in [6, 6.07) is 24.7. The Labute approximate surface area is 187 Å². The molecule has 0 aliphatic rings. The molecule has 0 atom stereocenters. The van der Waals surface area contributed by atoms with E-state index in [0.29, 0.717) is 21.5 Å². The highest BCUT2D eigenvalue weighted by Crippen LogP contribution is 2.32. The third kappa shape index (κ3) is 4.01. The van der Waals surface area contributed by atoms with Crippen molar-refractivity contribution in [2.75, 3.05) is 5.73 Å². The number of rotatable bonds is 5. The molecule has 0 amide bonds. The molecule has 0 fully saturated rings. The second-order valence-corrected chi connectivity index (χ2v) is 7.99. The zero-order valence-electron chi connectivity index (χ0n) is 16.1. The zero-order valence-corrected chi connectivity index (χ0v) is 17.7. The molecule has 3 aromatic carbocycles. The number of hydrogen-bond donors (Lipinski definition) is 1. The van der Waals surface area contributed by atoms with Crippen LogP contribution in [0.1, 0.15) is 0 Å². The maximum atomic E-state index is 6.35. The SMILES string of the molecule is Nc1c(-c2nc(-c3cccc(Cl)c3)cs2)nnn1-c1ccc(Oc2ccccc2)cc1. The van der Waals surface area contributed by atoms with Gasteiger partial charge in [0.05, 0.1) is 11.4 Å². The first-order valence-corrected chi connectivity index (χ1v) is 10.7. The second-order valence-electron chi connectivity index (χ2n) is 6.69. The number of thiazole rings is 1. The fourth-order valence-electron chi connectivity index (χ4n) is 3.08. The van der Waals surface area contributed by atoms with Gasteiger partial charge in [-0.3, -0.25) is 0 Å². The van der Waals surface area contributed by atoms with Gasteiger partial charge in [0.25, 0.3) is 0 Å². The van der Waals surface area contributed by atoms with Crippen LogP contribution in [0.4, 0.5) is 5.82 Å². The summed E-state index contributed by atoms with van der Waals surface area (Å²) in [5.74, 6) is 1.92. The topological polar surface area (TPSA) is 78.9 Å². The summed E-state index contributed by atoms with van der Waals surface area (Å²) in [6.07, 6.45) is 0. The Morgan fingerprint density at radius 2 is 1.68 bits per heavy atom. The first-order valence-electron chi connectivity index (χ1n) is 9.44. The van der Waals surface area contributed by atoms with Gasteiger partial charge in [-0.2, -0.15) is 4.68 Å². The van der Waals surface area contributed by atoms with E-state index in [1.165, 1.54) is 11.3 Å². The van der Waals surface area contributed by atoms with E-state index >= 15 is 0 Å². The molecule has 2 heterocycles. The molecule has 2 N–H and O–H groups in total. The van der Waals surface area contributed by atoms with E-state index in [9.17, 15) is 0 Å². The molecule has 5 rings (SSSR count). The number of anilines is 1. The van der Waals surface area contributed by atoms with E-state index < -0.39 is 0 Å². The molecule has 6 nitrogen and oxygen atoms in total. The van der Waals surface area contributed by atoms with Gasteiger partial charge >= 0.3 is 0 Å². The van der Waals surface area contributed by atoms with Gasteiger partial charge in [0.15, 0.2) is 11.5 Å². The van der Waals surface area contributed by atoms with Gasteiger partial charge in [-0.1, -0.05) is 47.1 Å². The monoisotopic (exact) mass is 445 g/mol. The highest BCUT2D eigenvalue weighted by atomic mass is 35.5. The van der Waals surface area contributed by atoms with Crippen molar-refractivity contribution in [1.82, 2.24) is 20.0 Å². The minimum absolute atomic E-state index is 0.420. The molecule has 8 heteroatoms. The molecule has 0 spiro atoms. The van der Waals surface area contributed by atoms with E-state index in [0.717, 1.165) is 28.4 Å². The predicted octanol–water partition coefficient (Wildman–Crippen LogP) is 6.09. The fourth-order valence-corrected chi connectivity index (χ4v) is 4.09. The Morgan fingerprint density at radius 3 is 2.45 bits per heavy atom. The number of ether oxygens (including phenoxy) is 1. The van der Waals surface area contributed by atoms with Crippen LogP contribution < -0.4 is 10.5 Å². The maximum absolute atomic E-state index is 6.35. The standard InChI is InChI=1S/C23H16ClN5OS/c24-16-6-4-5-15(13-16)20-14-31-23(26-20)21-22(25)29(28-27-21)17-9-11-19(12-10-17)30-18-7-2-1-3-8-18/h1-14H,25H2. The zero-order chi connectivity index (χ0) is 21.2. The van der Waals surface area contributed by atoms with Crippen LogP contribution in [0.25, 0.3) is 27.6 Å². The molecule has 5 aromatic rings. The number of hydrogen-bond acceptors (Lipinski definition) is 6. The first-order chi connectivity index (χ1) is 15.2. The second kappa shape index (κ2) is 8.22. The average molecular weight is 446 g/mol. The molecule has 0 radical (unpaired) electrons. The van der Waals surface area contributed by atoms with Crippen LogP contribution in [-0.2, 0) is 0 Å². The lowest BCUT2D eigenvalue weighted by molar-refractivity contribution is 0.482. The van der Waals surface area contributed by atoms with Gasteiger partial charge in [0.1, 0.15) is 16.5 Å². The largest absolute Gasteiger partial charge is 0.457 e. The number of aromatic nitrogens is 4. The smallest absolute Gasteiger partial charge is 0.165 e. The van der Waals surface area contributed by atoms with Crippen molar-refractivity contribution in [3.63, 3.8) is 0 Å². The predicted molar refractivity (Wildman–Crippen MR) is 124 cm³/mol. The number of para-hydroxylation sites is 1. The van der Waals surface area contributed by atoms with Crippen molar-refractivity contribution in [2.24, 2.45) is 0 Å². The molecular weight excluding hydrogens is 430 g/mol. The van der Waals surface area contributed by atoms with Gasteiger partial charge in [-0.15, -0.1) is 16.4 Å². The average Bonchev–Trinajstić information content (AvgIpc) is 3.42. The fraction of sp³-hybridized carbons (Fsp3) is 0. The summed E-state index contributed by atoms with van der Waals surface area (Å²) in [7, 11) is 0. The van der Waals surface area contributed by atoms with Crippen LogP contribution in [-0.4, -0.2) is 20.0 Å². The van der Waals surface area contributed by atoms with Crippen molar-refractivity contribution >= 4 is 28.8 Å². The van der Waals surface area contributed by atoms with Crippen LogP contribution in [0.3, 0.4) is 0 Å². The van der Waals surface area contributed by atoms with Crippen LogP contribution in [0.5, 0.6) is 11.5 Å². The van der Waals surface area contributed by atoms with E-state index in [1.807, 2.05) is 84.2 Å². The van der Waals surface area contributed by atoms with Crippen LogP contribution in [0, 0.1) is 0 Å². The van der Waals surface area contributed by atoms with E-state index in [2.05, 4.69) is 15.3 Å². The van der Waals surface area contributed by atoms with Crippen LogP contribution in [0.15, 0.2) is 84.2 Å². The van der Waals surface area contributed by atoms with Gasteiger partial charge in [0.2, 0.25) is 0 Å². The van der Waals surface area contributed by atoms with Gasteiger partial charge in [-0.05, 0) is 48.5 Å². The van der Waals surface area contributed by atoms with Crippen LogP contribution in [0.2, 0.25) is 5.02 Å². The Balaban J connectivity index is 1.39. The lowest BCUT2D eigenvalue weighted by Crippen LogP contribution is -2.02. The first kappa shape index (κ1) is 19.3. The quantitative estimate of drug-likeness (QED) is 0.354. The van der Waals surface area contributed by atoms with Crippen molar-refractivity contribution in [1.29, 1.82) is 0 Å². The summed E-state index contributed by atoms with van der Waals surface area (Å²) >= 11 is 7.55. The lowest BCUT2D eigenvalue weighted by Gasteiger charge is -2.07. The summed E-state index contributed by atoms with van der Waals surface area (Å²) in [4.78, 5) is 4.66. The highest BCUT2D eigenvalue weighted by molar-refractivity contribution is 7.13. The Hall–Kier alpha value is -3.68. The van der Waals surface area contributed by atoms with Gasteiger partial charge < -0.3 is 10.5 Å². The van der Waals surface area contributed by atoms with Gasteiger partial charge in [0, 0.05) is 16.0 Å². The number of halogens is 1. The Kier molecular flexibility index (Phi) is 5.11. The van der Waals surface area contributed by atoms with Crippen molar-refractivity contribution in [3.8, 4) is 39.1 Å².